The second-order valence-electron chi connectivity index (χ2n) is 6.13. The molecule has 2 rings (SSSR count). The van der Waals surface area contributed by atoms with Gasteiger partial charge in [-0.05, 0) is 37.5 Å². The van der Waals surface area contributed by atoms with Crippen LogP contribution < -0.4 is 4.90 Å². The molecule has 1 atom stereocenters. The Bertz CT molecular complexity index is 562. The Morgan fingerprint density at radius 3 is 2.87 bits per heavy atom. The lowest BCUT2D eigenvalue weighted by atomic mass is 10.1. The molecule has 1 aliphatic heterocycles. The smallest absolute Gasteiger partial charge is 0.223 e. The maximum absolute atomic E-state index is 12.1. The molecule has 0 saturated carbocycles. The van der Waals surface area contributed by atoms with Crippen LogP contribution >= 0.6 is 11.8 Å². The summed E-state index contributed by atoms with van der Waals surface area (Å²) in [7, 11) is 0. The number of thioether (sulfide) groups is 1. The van der Waals surface area contributed by atoms with Gasteiger partial charge in [-0.25, -0.2) is 0 Å². The first-order valence-corrected chi connectivity index (χ1v) is 9.21. The molecule has 1 heterocycles. The summed E-state index contributed by atoms with van der Waals surface area (Å²) in [6.45, 7) is 9.12. The highest BCUT2D eigenvalue weighted by Crippen LogP contribution is 2.23. The van der Waals surface area contributed by atoms with Crippen LogP contribution in [-0.2, 0) is 9.59 Å². The number of carbonyl (C=O) groups is 2. The van der Waals surface area contributed by atoms with Gasteiger partial charge < -0.3 is 9.80 Å². The van der Waals surface area contributed by atoms with E-state index >= 15 is 0 Å². The van der Waals surface area contributed by atoms with E-state index in [1.54, 1.807) is 6.92 Å². The van der Waals surface area contributed by atoms with E-state index in [-0.39, 0.29) is 11.0 Å². The zero-order valence-electron chi connectivity index (χ0n) is 14.2. The second kappa shape index (κ2) is 8.39. The molecule has 0 radical (unpaired) electrons. The summed E-state index contributed by atoms with van der Waals surface area (Å²) in [4.78, 5) is 27.4. The molecule has 126 valence electrons. The Hall–Kier alpha value is -1.49. The minimum absolute atomic E-state index is 0.132. The Morgan fingerprint density at radius 1 is 1.43 bits per heavy atom. The zero-order chi connectivity index (χ0) is 16.8. The normalized spacial score (nSPS) is 17.6. The number of likely N-dealkylation sites (N-methyl/N-ethyl adjacent to an activating group) is 1. The number of likely N-dealkylation sites (tertiary alicyclic amines) is 1. The van der Waals surface area contributed by atoms with Gasteiger partial charge in [-0.2, -0.15) is 0 Å². The third kappa shape index (κ3) is 5.27. The summed E-state index contributed by atoms with van der Waals surface area (Å²) in [5, 5.41) is 0.132. The fraction of sp³-hybridized carbons (Fsp3) is 0.556. The van der Waals surface area contributed by atoms with Gasteiger partial charge in [0, 0.05) is 51.0 Å². The van der Waals surface area contributed by atoms with Crippen molar-refractivity contribution in [3.05, 3.63) is 29.8 Å². The molecule has 5 heteroatoms. The molecule has 4 nitrogen and oxygen atoms in total. The highest BCUT2D eigenvalue weighted by atomic mass is 32.2. The molecule has 0 bridgehead atoms. The monoisotopic (exact) mass is 334 g/mol. The average molecular weight is 334 g/mol. The SMILES string of the molecule is CCN(CCN1CC(CSC(C)=O)CC1=O)c1cccc(C)c1. The molecule has 1 saturated heterocycles. The van der Waals surface area contributed by atoms with Crippen molar-refractivity contribution in [2.75, 3.05) is 36.8 Å². The van der Waals surface area contributed by atoms with Crippen LogP contribution in [0.25, 0.3) is 0 Å². The number of amides is 1. The van der Waals surface area contributed by atoms with Crippen LogP contribution in [0.2, 0.25) is 0 Å². The Morgan fingerprint density at radius 2 is 2.22 bits per heavy atom. The highest BCUT2D eigenvalue weighted by Gasteiger charge is 2.29. The lowest BCUT2D eigenvalue weighted by molar-refractivity contribution is -0.127. The van der Waals surface area contributed by atoms with Gasteiger partial charge in [0.1, 0.15) is 0 Å². The number of hydrogen-bond acceptors (Lipinski definition) is 4. The van der Waals surface area contributed by atoms with Crippen LogP contribution in [0.4, 0.5) is 5.69 Å². The number of nitrogens with zero attached hydrogens (tertiary/aromatic N) is 2. The molecule has 1 unspecified atom stereocenters. The van der Waals surface area contributed by atoms with Crippen molar-refractivity contribution >= 4 is 28.5 Å². The summed E-state index contributed by atoms with van der Waals surface area (Å²) >= 11 is 1.33. The largest absolute Gasteiger partial charge is 0.370 e. The van der Waals surface area contributed by atoms with Crippen molar-refractivity contribution in [2.24, 2.45) is 5.92 Å². The van der Waals surface area contributed by atoms with Crippen molar-refractivity contribution in [3.8, 4) is 0 Å². The fourth-order valence-corrected chi connectivity index (χ4v) is 3.65. The van der Waals surface area contributed by atoms with Gasteiger partial charge in [-0.1, -0.05) is 23.9 Å². The lowest BCUT2D eigenvalue weighted by Crippen LogP contribution is -2.36. The molecular weight excluding hydrogens is 308 g/mol. The summed E-state index contributed by atoms with van der Waals surface area (Å²) in [6, 6.07) is 8.47. The van der Waals surface area contributed by atoms with Crippen LogP contribution in [0.5, 0.6) is 0 Å². The van der Waals surface area contributed by atoms with Gasteiger partial charge in [0.2, 0.25) is 5.91 Å². The molecule has 1 aliphatic rings. The predicted molar refractivity (Wildman–Crippen MR) is 96.9 cm³/mol. The molecule has 1 fully saturated rings. The summed E-state index contributed by atoms with van der Waals surface area (Å²) < 4.78 is 0. The Labute approximate surface area is 143 Å². The van der Waals surface area contributed by atoms with Crippen LogP contribution in [0.15, 0.2) is 24.3 Å². The first-order valence-electron chi connectivity index (χ1n) is 8.22. The third-order valence-corrected chi connectivity index (χ3v) is 5.25. The number of carbonyl (C=O) groups excluding carboxylic acids is 2. The maximum atomic E-state index is 12.1. The molecular formula is C18H26N2O2S. The van der Waals surface area contributed by atoms with Gasteiger partial charge in [-0.3, -0.25) is 9.59 Å². The van der Waals surface area contributed by atoms with Crippen molar-refractivity contribution in [3.63, 3.8) is 0 Å². The van der Waals surface area contributed by atoms with E-state index in [1.807, 2.05) is 4.90 Å². The van der Waals surface area contributed by atoms with Gasteiger partial charge >= 0.3 is 0 Å². The fourth-order valence-electron chi connectivity index (χ4n) is 2.95. The quantitative estimate of drug-likeness (QED) is 0.769. The minimum Gasteiger partial charge on any atom is -0.370 e. The summed E-state index contributed by atoms with van der Waals surface area (Å²) in [5.41, 5.74) is 2.46. The van der Waals surface area contributed by atoms with Crippen LogP contribution in [0, 0.1) is 12.8 Å². The molecule has 0 aromatic heterocycles. The van der Waals surface area contributed by atoms with Gasteiger partial charge in [0.05, 0.1) is 0 Å². The topological polar surface area (TPSA) is 40.6 Å². The average Bonchev–Trinajstić information content (AvgIpc) is 2.86. The van der Waals surface area contributed by atoms with Crippen LogP contribution in [0.3, 0.4) is 0 Å². The Balaban J connectivity index is 1.86. The molecule has 1 aromatic carbocycles. The number of anilines is 1. The van der Waals surface area contributed by atoms with Crippen LogP contribution in [-0.4, -0.2) is 47.9 Å². The Kier molecular flexibility index (Phi) is 6.51. The number of hydrogen-bond donors (Lipinski definition) is 0. The summed E-state index contributed by atoms with van der Waals surface area (Å²) in [5.74, 6) is 1.29. The van der Waals surface area contributed by atoms with E-state index in [1.165, 1.54) is 23.0 Å². The van der Waals surface area contributed by atoms with E-state index in [2.05, 4.69) is 43.0 Å². The first kappa shape index (κ1) is 17.9. The predicted octanol–water partition coefficient (Wildman–Crippen LogP) is 2.95. The van der Waals surface area contributed by atoms with Crippen molar-refractivity contribution in [1.82, 2.24) is 4.90 Å². The maximum Gasteiger partial charge on any atom is 0.223 e. The molecule has 0 spiro atoms. The number of rotatable bonds is 7. The minimum atomic E-state index is 0.132. The van der Waals surface area contributed by atoms with Crippen LogP contribution in [0.1, 0.15) is 25.8 Å². The molecule has 23 heavy (non-hydrogen) atoms. The molecule has 0 aliphatic carbocycles. The molecule has 0 N–H and O–H groups in total. The highest BCUT2D eigenvalue weighted by molar-refractivity contribution is 8.13. The van der Waals surface area contributed by atoms with E-state index in [0.717, 1.165) is 31.9 Å². The molecule has 1 amide bonds. The zero-order valence-corrected chi connectivity index (χ0v) is 15.1. The van der Waals surface area contributed by atoms with E-state index in [4.69, 9.17) is 0 Å². The van der Waals surface area contributed by atoms with Crippen molar-refractivity contribution in [1.29, 1.82) is 0 Å². The molecule has 1 aromatic rings. The van der Waals surface area contributed by atoms with E-state index in [0.29, 0.717) is 12.3 Å². The standard InChI is InChI=1S/C18H26N2O2S/c1-4-19(17-7-5-6-14(2)10-17)8-9-20-12-16(11-18(20)22)13-23-15(3)21/h5-7,10,16H,4,8-9,11-13H2,1-3H3. The van der Waals surface area contributed by atoms with Gasteiger partial charge in [0.15, 0.2) is 5.12 Å². The third-order valence-electron chi connectivity index (χ3n) is 4.21. The van der Waals surface area contributed by atoms with E-state index in [9.17, 15) is 9.59 Å². The van der Waals surface area contributed by atoms with Crippen molar-refractivity contribution in [2.45, 2.75) is 27.2 Å². The summed E-state index contributed by atoms with van der Waals surface area (Å²) in [6.07, 6.45) is 0.580. The first-order chi connectivity index (χ1) is 11.0. The second-order valence-corrected chi connectivity index (χ2v) is 7.33. The van der Waals surface area contributed by atoms with Gasteiger partial charge in [0.25, 0.3) is 0 Å². The van der Waals surface area contributed by atoms with E-state index < -0.39 is 0 Å². The van der Waals surface area contributed by atoms with Crippen molar-refractivity contribution < 1.29 is 9.59 Å². The lowest BCUT2D eigenvalue weighted by Gasteiger charge is -2.26. The number of benzene rings is 1. The number of aryl methyl sites for hydroxylation is 1. The van der Waals surface area contributed by atoms with Gasteiger partial charge in [-0.15, -0.1) is 0 Å².